The van der Waals surface area contributed by atoms with Gasteiger partial charge in [-0.3, -0.25) is 4.79 Å². The highest BCUT2D eigenvalue weighted by atomic mass is 127. The monoisotopic (exact) mass is 424 g/mol. The minimum atomic E-state index is -0.412. The van der Waals surface area contributed by atoms with Crippen molar-refractivity contribution >= 4 is 57.5 Å². The molecule has 2 aromatic rings. The van der Waals surface area contributed by atoms with Crippen LogP contribution in [0, 0.1) is 16.3 Å². The standard InChI is InChI=1S/C13H8Cl2FIN2O/c1-6-9(14)5-10(15)12(18-6)19-13(20)8-3-2-7(16)4-11(8)17/h2-5H,1H3,(H,18,19,20). The van der Waals surface area contributed by atoms with Crippen molar-refractivity contribution in [1.29, 1.82) is 0 Å². The van der Waals surface area contributed by atoms with Gasteiger partial charge in [0.1, 0.15) is 5.82 Å². The summed E-state index contributed by atoms with van der Waals surface area (Å²) in [6.07, 6.45) is 0. The molecule has 0 aliphatic heterocycles. The van der Waals surface area contributed by atoms with Crippen LogP contribution in [-0.2, 0) is 0 Å². The number of hydrogen-bond acceptors (Lipinski definition) is 2. The van der Waals surface area contributed by atoms with E-state index in [-0.39, 0.29) is 10.8 Å². The Labute approximate surface area is 138 Å². The summed E-state index contributed by atoms with van der Waals surface area (Å²) in [6, 6.07) is 5.41. The normalized spacial score (nSPS) is 10.4. The first-order valence-corrected chi connectivity index (χ1v) is 7.31. The molecule has 0 aliphatic carbocycles. The molecule has 0 spiro atoms. The van der Waals surface area contributed by atoms with E-state index in [2.05, 4.69) is 10.3 Å². The second-order valence-electron chi connectivity index (χ2n) is 3.96. The third kappa shape index (κ3) is 3.39. The van der Waals surface area contributed by atoms with Crippen molar-refractivity contribution in [3.05, 3.63) is 55.0 Å². The molecule has 1 amide bonds. The van der Waals surface area contributed by atoms with Gasteiger partial charge >= 0.3 is 0 Å². The van der Waals surface area contributed by atoms with Crippen LogP contribution in [0.15, 0.2) is 24.3 Å². The van der Waals surface area contributed by atoms with Gasteiger partial charge in [-0.15, -0.1) is 0 Å². The molecule has 1 heterocycles. The van der Waals surface area contributed by atoms with Gasteiger partial charge in [-0.1, -0.05) is 23.2 Å². The molecular weight excluding hydrogens is 417 g/mol. The van der Waals surface area contributed by atoms with Crippen LogP contribution in [0.3, 0.4) is 0 Å². The van der Waals surface area contributed by atoms with Crippen LogP contribution < -0.4 is 5.32 Å². The number of hydrogen-bond donors (Lipinski definition) is 1. The van der Waals surface area contributed by atoms with Gasteiger partial charge in [-0.25, -0.2) is 9.37 Å². The SMILES string of the molecule is Cc1nc(NC(=O)c2ccc(F)cc2I)c(Cl)cc1Cl. The van der Waals surface area contributed by atoms with Gasteiger partial charge in [0.2, 0.25) is 0 Å². The number of nitrogens with zero attached hydrogens (tertiary/aromatic N) is 1. The number of aromatic nitrogens is 1. The van der Waals surface area contributed by atoms with Gasteiger partial charge in [-0.2, -0.15) is 0 Å². The summed E-state index contributed by atoms with van der Waals surface area (Å²) < 4.78 is 13.5. The molecule has 7 heteroatoms. The maximum Gasteiger partial charge on any atom is 0.257 e. The minimum absolute atomic E-state index is 0.221. The van der Waals surface area contributed by atoms with E-state index in [1.165, 1.54) is 24.3 Å². The van der Waals surface area contributed by atoms with E-state index in [4.69, 9.17) is 23.2 Å². The molecule has 0 saturated carbocycles. The maximum absolute atomic E-state index is 13.0. The second kappa shape index (κ2) is 6.24. The van der Waals surface area contributed by atoms with Crippen molar-refractivity contribution in [1.82, 2.24) is 4.98 Å². The Kier molecular flexibility index (Phi) is 4.82. The van der Waals surface area contributed by atoms with E-state index in [1.807, 2.05) is 22.6 Å². The third-order valence-electron chi connectivity index (χ3n) is 2.51. The zero-order valence-corrected chi connectivity index (χ0v) is 13.8. The summed E-state index contributed by atoms with van der Waals surface area (Å²) in [5, 5.41) is 3.25. The lowest BCUT2D eigenvalue weighted by atomic mass is 10.2. The fourth-order valence-corrected chi connectivity index (χ4v) is 2.62. The first-order chi connectivity index (χ1) is 9.38. The Morgan fingerprint density at radius 3 is 2.65 bits per heavy atom. The predicted octanol–water partition coefficient (Wildman–Crippen LogP) is 4.69. The molecule has 0 radical (unpaired) electrons. The Balaban J connectivity index is 2.30. The zero-order valence-electron chi connectivity index (χ0n) is 10.2. The molecule has 0 saturated heterocycles. The Morgan fingerprint density at radius 1 is 1.30 bits per heavy atom. The van der Waals surface area contributed by atoms with Gasteiger partial charge in [0.15, 0.2) is 5.82 Å². The molecule has 3 nitrogen and oxygen atoms in total. The molecule has 0 atom stereocenters. The zero-order chi connectivity index (χ0) is 14.9. The number of carbonyl (C=O) groups is 1. The highest BCUT2D eigenvalue weighted by Gasteiger charge is 2.14. The van der Waals surface area contributed by atoms with Crippen LogP contribution in [-0.4, -0.2) is 10.9 Å². The van der Waals surface area contributed by atoms with E-state index in [0.29, 0.717) is 19.9 Å². The Bertz CT molecular complexity index is 694. The average Bonchev–Trinajstić information content (AvgIpc) is 2.35. The largest absolute Gasteiger partial charge is 0.305 e. The number of anilines is 1. The summed E-state index contributed by atoms with van der Waals surface area (Å²) in [5.74, 6) is -0.589. The summed E-state index contributed by atoms with van der Waals surface area (Å²) in [6.45, 7) is 1.70. The number of amides is 1. The van der Waals surface area contributed by atoms with Gasteiger partial charge in [0.05, 0.1) is 21.3 Å². The number of halogens is 4. The number of pyridine rings is 1. The summed E-state index contributed by atoms with van der Waals surface area (Å²) >= 11 is 13.7. The predicted molar refractivity (Wildman–Crippen MR) is 86.1 cm³/mol. The second-order valence-corrected chi connectivity index (χ2v) is 5.94. The van der Waals surface area contributed by atoms with Gasteiger partial charge in [0, 0.05) is 3.57 Å². The molecule has 0 aliphatic rings. The van der Waals surface area contributed by atoms with Crippen LogP contribution >= 0.6 is 45.8 Å². The number of aryl methyl sites for hydroxylation is 1. The van der Waals surface area contributed by atoms with Crippen LogP contribution in [0.1, 0.15) is 16.1 Å². The maximum atomic E-state index is 13.0. The van der Waals surface area contributed by atoms with Crippen LogP contribution in [0.5, 0.6) is 0 Å². The fourth-order valence-electron chi connectivity index (χ4n) is 1.49. The molecule has 1 aromatic carbocycles. The van der Waals surface area contributed by atoms with Crippen molar-refractivity contribution in [2.45, 2.75) is 6.92 Å². The summed E-state index contributed by atoms with van der Waals surface area (Å²) in [5.41, 5.74) is 0.901. The van der Waals surface area contributed by atoms with Crippen molar-refractivity contribution < 1.29 is 9.18 Å². The first-order valence-electron chi connectivity index (χ1n) is 5.47. The van der Waals surface area contributed by atoms with E-state index >= 15 is 0 Å². The lowest BCUT2D eigenvalue weighted by Gasteiger charge is -2.09. The lowest BCUT2D eigenvalue weighted by molar-refractivity contribution is 0.102. The van der Waals surface area contributed by atoms with Gasteiger partial charge < -0.3 is 5.32 Å². The van der Waals surface area contributed by atoms with Crippen molar-refractivity contribution in [2.24, 2.45) is 0 Å². The minimum Gasteiger partial charge on any atom is -0.305 e. The van der Waals surface area contributed by atoms with Crippen molar-refractivity contribution in [3.8, 4) is 0 Å². The molecule has 1 N–H and O–H groups in total. The number of rotatable bonds is 2. The summed E-state index contributed by atoms with van der Waals surface area (Å²) in [7, 11) is 0. The van der Waals surface area contributed by atoms with E-state index in [1.54, 1.807) is 6.92 Å². The Hall–Kier alpha value is -0.920. The molecule has 0 bridgehead atoms. The van der Waals surface area contributed by atoms with Crippen LogP contribution in [0.2, 0.25) is 10.0 Å². The highest BCUT2D eigenvalue weighted by Crippen LogP contribution is 2.26. The number of benzene rings is 1. The number of carbonyl (C=O) groups excluding carboxylic acids is 1. The molecule has 0 unspecified atom stereocenters. The lowest BCUT2D eigenvalue weighted by Crippen LogP contribution is -2.15. The smallest absolute Gasteiger partial charge is 0.257 e. The van der Waals surface area contributed by atoms with Crippen LogP contribution in [0.4, 0.5) is 10.2 Å². The molecule has 2 rings (SSSR count). The van der Waals surface area contributed by atoms with E-state index < -0.39 is 11.7 Å². The Morgan fingerprint density at radius 2 is 2.00 bits per heavy atom. The molecule has 20 heavy (non-hydrogen) atoms. The first kappa shape index (κ1) is 15.5. The molecule has 0 fully saturated rings. The quantitative estimate of drug-likeness (QED) is 0.710. The average molecular weight is 425 g/mol. The topological polar surface area (TPSA) is 42.0 Å². The van der Waals surface area contributed by atoms with Crippen molar-refractivity contribution in [2.75, 3.05) is 5.32 Å². The third-order valence-corrected chi connectivity index (χ3v) is 4.08. The number of nitrogens with one attached hydrogen (secondary N) is 1. The summed E-state index contributed by atoms with van der Waals surface area (Å²) in [4.78, 5) is 16.2. The van der Waals surface area contributed by atoms with E-state index in [9.17, 15) is 9.18 Å². The molecular formula is C13H8Cl2FIN2O. The van der Waals surface area contributed by atoms with Gasteiger partial charge in [0.25, 0.3) is 5.91 Å². The molecule has 1 aromatic heterocycles. The van der Waals surface area contributed by atoms with Gasteiger partial charge in [-0.05, 0) is 53.8 Å². The van der Waals surface area contributed by atoms with Crippen molar-refractivity contribution in [3.63, 3.8) is 0 Å². The van der Waals surface area contributed by atoms with E-state index in [0.717, 1.165) is 0 Å². The van der Waals surface area contributed by atoms with Crippen LogP contribution in [0.25, 0.3) is 0 Å². The highest BCUT2D eigenvalue weighted by molar-refractivity contribution is 14.1. The fraction of sp³-hybridized carbons (Fsp3) is 0.0769. The molecule has 104 valence electrons.